The molecule has 0 aliphatic rings. The second-order valence-electron chi connectivity index (χ2n) is 4.91. The maximum Gasteiger partial charge on any atom is 0.261 e. The van der Waals surface area contributed by atoms with E-state index in [0.717, 1.165) is 23.1 Å². The molecule has 1 N–H and O–H groups in total. The molecule has 0 spiro atoms. The highest BCUT2D eigenvalue weighted by Crippen LogP contribution is 2.19. The molecule has 0 fully saturated rings. The second kappa shape index (κ2) is 5.67. The van der Waals surface area contributed by atoms with Crippen molar-refractivity contribution in [3.63, 3.8) is 0 Å². The van der Waals surface area contributed by atoms with E-state index in [4.69, 9.17) is 0 Å². The van der Waals surface area contributed by atoms with Gasteiger partial charge in [0.2, 0.25) is 0 Å². The number of rotatable bonds is 4. The Bertz CT molecular complexity index is 721. The summed E-state index contributed by atoms with van der Waals surface area (Å²) < 4.78 is 27.3. The quantitative estimate of drug-likeness (QED) is 0.933. The van der Waals surface area contributed by atoms with Gasteiger partial charge in [0, 0.05) is 5.69 Å². The minimum absolute atomic E-state index is 0.294. The number of nitrogens with one attached hydrogen (secondary N) is 1. The van der Waals surface area contributed by atoms with Gasteiger partial charge in [-0.25, -0.2) is 8.42 Å². The van der Waals surface area contributed by atoms with Crippen molar-refractivity contribution in [2.24, 2.45) is 0 Å². The van der Waals surface area contributed by atoms with Gasteiger partial charge >= 0.3 is 0 Å². The zero-order valence-corrected chi connectivity index (χ0v) is 12.8. The molecule has 0 heterocycles. The molecule has 0 unspecified atom stereocenters. The Morgan fingerprint density at radius 2 is 1.75 bits per heavy atom. The van der Waals surface area contributed by atoms with Crippen molar-refractivity contribution >= 4 is 15.7 Å². The van der Waals surface area contributed by atoms with Gasteiger partial charge in [0.1, 0.15) is 0 Å². The first-order chi connectivity index (χ1) is 9.42. The maximum absolute atomic E-state index is 12.4. The van der Waals surface area contributed by atoms with Gasteiger partial charge in [-0.2, -0.15) is 0 Å². The van der Waals surface area contributed by atoms with Crippen molar-refractivity contribution in [2.45, 2.75) is 32.1 Å². The molecule has 0 radical (unpaired) electrons. The number of anilines is 1. The molecule has 20 heavy (non-hydrogen) atoms. The molecule has 0 aliphatic carbocycles. The zero-order valence-electron chi connectivity index (χ0n) is 12.0. The van der Waals surface area contributed by atoms with E-state index in [1.165, 1.54) is 0 Å². The van der Waals surface area contributed by atoms with E-state index in [9.17, 15) is 8.42 Å². The van der Waals surface area contributed by atoms with Gasteiger partial charge in [-0.05, 0) is 61.2 Å². The molecular formula is C16H19NO2S. The number of hydrogen-bond donors (Lipinski definition) is 1. The Morgan fingerprint density at radius 1 is 1.00 bits per heavy atom. The summed E-state index contributed by atoms with van der Waals surface area (Å²) in [4.78, 5) is 0.294. The highest BCUT2D eigenvalue weighted by atomic mass is 32.2. The van der Waals surface area contributed by atoms with Gasteiger partial charge in [0.05, 0.1) is 4.90 Å². The van der Waals surface area contributed by atoms with Gasteiger partial charge in [-0.15, -0.1) is 0 Å². The van der Waals surface area contributed by atoms with Crippen LogP contribution < -0.4 is 4.72 Å². The minimum atomic E-state index is -3.53. The monoisotopic (exact) mass is 289 g/mol. The molecule has 4 heteroatoms. The molecular weight excluding hydrogens is 270 g/mol. The lowest BCUT2D eigenvalue weighted by Crippen LogP contribution is -2.13. The van der Waals surface area contributed by atoms with Gasteiger partial charge in [0.15, 0.2) is 0 Å². The van der Waals surface area contributed by atoms with Crippen LogP contribution in [0.3, 0.4) is 0 Å². The van der Waals surface area contributed by atoms with E-state index >= 15 is 0 Å². The van der Waals surface area contributed by atoms with Crippen molar-refractivity contribution in [3.8, 4) is 0 Å². The summed E-state index contributed by atoms with van der Waals surface area (Å²) in [6.45, 7) is 5.91. The lowest BCUT2D eigenvalue weighted by atomic mass is 10.1. The number of sulfonamides is 1. The fourth-order valence-electron chi connectivity index (χ4n) is 1.95. The first-order valence-corrected chi connectivity index (χ1v) is 8.09. The lowest BCUT2D eigenvalue weighted by Gasteiger charge is -2.10. The third-order valence-corrected chi connectivity index (χ3v) is 4.76. The first kappa shape index (κ1) is 14.6. The highest BCUT2D eigenvalue weighted by molar-refractivity contribution is 7.92. The van der Waals surface area contributed by atoms with Crippen LogP contribution in [0.1, 0.15) is 23.6 Å². The van der Waals surface area contributed by atoms with Gasteiger partial charge < -0.3 is 0 Å². The van der Waals surface area contributed by atoms with Crippen LogP contribution in [0.4, 0.5) is 5.69 Å². The van der Waals surface area contributed by atoms with Crippen molar-refractivity contribution < 1.29 is 8.42 Å². The molecule has 0 bridgehead atoms. The maximum atomic E-state index is 12.4. The Morgan fingerprint density at radius 3 is 2.40 bits per heavy atom. The minimum Gasteiger partial charge on any atom is -0.280 e. The van der Waals surface area contributed by atoms with Crippen LogP contribution in [0, 0.1) is 13.8 Å². The summed E-state index contributed by atoms with van der Waals surface area (Å²) in [5, 5.41) is 0. The predicted octanol–water partition coefficient (Wildman–Crippen LogP) is 3.67. The molecule has 0 saturated heterocycles. The second-order valence-corrected chi connectivity index (χ2v) is 6.59. The molecule has 0 saturated carbocycles. The Labute approximate surface area is 120 Å². The van der Waals surface area contributed by atoms with Crippen LogP contribution >= 0.6 is 0 Å². The smallest absolute Gasteiger partial charge is 0.261 e. The van der Waals surface area contributed by atoms with E-state index in [1.54, 1.807) is 18.2 Å². The van der Waals surface area contributed by atoms with Crippen LogP contribution in [-0.2, 0) is 16.4 Å². The van der Waals surface area contributed by atoms with Gasteiger partial charge in [-0.3, -0.25) is 4.72 Å². The van der Waals surface area contributed by atoms with Crippen molar-refractivity contribution in [3.05, 3.63) is 59.2 Å². The molecule has 0 amide bonds. The highest BCUT2D eigenvalue weighted by Gasteiger charge is 2.14. The van der Waals surface area contributed by atoms with E-state index in [1.807, 2.05) is 45.0 Å². The number of hydrogen-bond acceptors (Lipinski definition) is 2. The summed E-state index contributed by atoms with van der Waals surface area (Å²) in [6, 6.07) is 12.6. The van der Waals surface area contributed by atoms with Crippen LogP contribution in [0.2, 0.25) is 0 Å². The van der Waals surface area contributed by atoms with Crippen LogP contribution in [0.25, 0.3) is 0 Å². The molecule has 2 aromatic carbocycles. The van der Waals surface area contributed by atoms with Crippen molar-refractivity contribution in [2.75, 3.05) is 4.72 Å². The summed E-state index contributed by atoms with van der Waals surface area (Å²) in [5.74, 6) is 0. The molecule has 0 aromatic heterocycles. The molecule has 0 aliphatic heterocycles. The standard InChI is InChI=1S/C16H19NO2S/c1-4-14-6-5-7-15(11-14)17-20(18,19)16-9-8-12(2)13(3)10-16/h5-11,17H,4H2,1-3H3. The molecule has 2 rings (SSSR count). The average molecular weight is 289 g/mol. The third-order valence-electron chi connectivity index (χ3n) is 3.38. The molecule has 3 nitrogen and oxygen atoms in total. The lowest BCUT2D eigenvalue weighted by molar-refractivity contribution is 0.601. The van der Waals surface area contributed by atoms with Crippen LogP contribution in [0.5, 0.6) is 0 Å². The predicted molar refractivity (Wildman–Crippen MR) is 82.5 cm³/mol. The summed E-state index contributed by atoms with van der Waals surface area (Å²) in [5.41, 5.74) is 3.75. The van der Waals surface area contributed by atoms with E-state index in [0.29, 0.717) is 10.6 Å². The largest absolute Gasteiger partial charge is 0.280 e. The summed E-state index contributed by atoms with van der Waals surface area (Å²) >= 11 is 0. The average Bonchev–Trinajstić information content (AvgIpc) is 2.41. The fourth-order valence-corrected chi connectivity index (χ4v) is 3.08. The van der Waals surface area contributed by atoms with Crippen LogP contribution in [-0.4, -0.2) is 8.42 Å². The molecule has 106 valence electrons. The number of aryl methyl sites for hydroxylation is 3. The van der Waals surface area contributed by atoms with Gasteiger partial charge in [0.25, 0.3) is 10.0 Å². The van der Waals surface area contributed by atoms with Crippen LogP contribution in [0.15, 0.2) is 47.4 Å². The zero-order chi connectivity index (χ0) is 14.8. The number of benzene rings is 2. The van der Waals surface area contributed by atoms with E-state index in [-0.39, 0.29) is 0 Å². The Kier molecular flexibility index (Phi) is 4.14. The Hall–Kier alpha value is -1.81. The van der Waals surface area contributed by atoms with Crippen molar-refractivity contribution in [1.29, 1.82) is 0 Å². The SMILES string of the molecule is CCc1cccc(NS(=O)(=O)c2ccc(C)c(C)c2)c1. The summed E-state index contributed by atoms with van der Waals surface area (Å²) in [7, 11) is -3.53. The summed E-state index contributed by atoms with van der Waals surface area (Å²) in [6.07, 6.45) is 0.874. The fraction of sp³-hybridized carbons (Fsp3) is 0.250. The van der Waals surface area contributed by atoms with E-state index in [2.05, 4.69) is 4.72 Å². The normalized spacial score (nSPS) is 11.3. The third kappa shape index (κ3) is 3.20. The first-order valence-electron chi connectivity index (χ1n) is 6.61. The van der Waals surface area contributed by atoms with E-state index < -0.39 is 10.0 Å². The van der Waals surface area contributed by atoms with Crippen molar-refractivity contribution in [1.82, 2.24) is 0 Å². The van der Waals surface area contributed by atoms with Gasteiger partial charge in [-0.1, -0.05) is 25.1 Å². The Balaban J connectivity index is 2.32. The molecule has 0 atom stereocenters. The molecule has 2 aromatic rings. The topological polar surface area (TPSA) is 46.2 Å².